The molecule has 0 spiro atoms. The van der Waals surface area contributed by atoms with Crippen molar-refractivity contribution in [1.82, 2.24) is 10.2 Å². The van der Waals surface area contributed by atoms with Crippen LogP contribution in [0, 0.1) is 6.92 Å². The monoisotopic (exact) mass is 279 g/mol. The van der Waals surface area contributed by atoms with E-state index in [-0.39, 0.29) is 18.0 Å². The second-order valence-electron chi connectivity index (χ2n) is 4.80. The molecule has 1 atom stereocenters. The number of carbonyl (C=O) groups is 2. The molecule has 2 fully saturated rings. The number of benzene rings is 1. The second kappa shape index (κ2) is 4.51. The molecule has 1 N–H and O–H groups in total. The predicted molar refractivity (Wildman–Crippen MR) is 72.4 cm³/mol. The normalized spacial score (nSPS) is 22.9. The third kappa shape index (κ3) is 1.89. The molecule has 0 aliphatic carbocycles. The Bertz CT molecular complexity index is 537. The summed E-state index contributed by atoms with van der Waals surface area (Å²) in [6.45, 7) is 3.68. The van der Waals surface area contributed by atoms with E-state index in [0.717, 1.165) is 12.1 Å². The summed E-state index contributed by atoms with van der Waals surface area (Å²) in [6.07, 6.45) is 0. The van der Waals surface area contributed by atoms with Gasteiger partial charge in [-0.25, -0.2) is 9.69 Å². The van der Waals surface area contributed by atoms with Crippen LogP contribution >= 0.6 is 11.6 Å². The zero-order valence-electron chi connectivity index (χ0n) is 10.5. The number of anilines is 1. The number of hydrogen-bond acceptors (Lipinski definition) is 3. The summed E-state index contributed by atoms with van der Waals surface area (Å²) >= 11 is 6.07. The number of imide groups is 1. The molecular formula is C13H14ClN3O2. The van der Waals surface area contributed by atoms with Gasteiger partial charge in [-0.15, -0.1) is 0 Å². The Morgan fingerprint density at radius 2 is 2.16 bits per heavy atom. The topological polar surface area (TPSA) is 52.7 Å². The molecule has 0 radical (unpaired) electrons. The Labute approximate surface area is 116 Å². The maximum Gasteiger partial charge on any atom is 0.332 e. The summed E-state index contributed by atoms with van der Waals surface area (Å²) in [7, 11) is 0. The van der Waals surface area contributed by atoms with Gasteiger partial charge in [0.15, 0.2) is 0 Å². The standard InChI is InChI=1S/C13H14ClN3O2/c1-8-2-3-9(6-10(8)14)17-12(18)11-7-15-4-5-16(11)13(17)19/h2-3,6,11,15H,4-5,7H2,1H3. The highest BCUT2D eigenvalue weighted by molar-refractivity contribution is 6.32. The van der Waals surface area contributed by atoms with Crippen LogP contribution in [-0.4, -0.2) is 42.5 Å². The average Bonchev–Trinajstić information content (AvgIpc) is 2.66. The van der Waals surface area contributed by atoms with Gasteiger partial charge in [-0.05, 0) is 24.6 Å². The summed E-state index contributed by atoms with van der Waals surface area (Å²) in [4.78, 5) is 27.5. The highest BCUT2D eigenvalue weighted by Gasteiger charge is 2.46. The van der Waals surface area contributed by atoms with Gasteiger partial charge in [0, 0.05) is 24.7 Å². The first-order chi connectivity index (χ1) is 9.09. The molecule has 1 aromatic carbocycles. The van der Waals surface area contributed by atoms with Crippen LogP contribution in [-0.2, 0) is 4.79 Å². The first kappa shape index (κ1) is 12.4. The summed E-state index contributed by atoms with van der Waals surface area (Å²) in [5, 5.41) is 3.69. The van der Waals surface area contributed by atoms with E-state index in [0.29, 0.717) is 23.8 Å². The Morgan fingerprint density at radius 1 is 1.37 bits per heavy atom. The van der Waals surface area contributed by atoms with Crippen LogP contribution in [0.5, 0.6) is 0 Å². The van der Waals surface area contributed by atoms with Crippen LogP contribution in [0.1, 0.15) is 5.56 Å². The molecule has 3 rings (SSSR count). The van der Waals surface area contributed by atoms with Gasteiger partial charge in [-0.1, -0.05) is 17.7 Å². The third-order valence-corrected chi connectivity index (χ3v) is 4.01. The molecule has 2 heterocycles. The Hall–Kier alpha value is -1.59. The van der Waals surface area contributed by atoms with Gasteiger partial charge < -0.3 is 10.2 Å². The third-order valence-electron chi connectivity index (χ3n) is 3.60. The van der Waals surface area contributed by atoms with Crippen molar-refractivity contribution in [1.29, 1.82) is 0 Å². The van der Waals surface area contributed by atoms with Gasteiger partial charge in [0.25, 0.3) is 5.91 Å². The van der Waals surface area contributed by atoms with Gasteiger partial charge in [0.1, 0.15) is 6.04 Å². The number of piperazine rings is 1. The molecule has 100 valence electrons. The van der Waals surface area contributed by atoms with Crippen molar-refractivity contribution in [2.75, 3.05) is 24.5 Å². The Balaban J connectivity index is 1.98. The lowest BCUT2D eigenvalue weighted by molar-refractivity contribution is -0.119. The molecular weight excluding hydrogens is 266 g/mol. The molecule has 2 saturated heterocycles. The van der Waals surface area contributed by atoms with Crippen LogP contribution in [0.4, 0.5) is 10.5 Å². The molecule has 1 aromatic rings. The molecule has 0 bridgehead atoms. The van der Waals surface area contributed by atoms with Crippen molar-refractivity contribution in [3.63, 3.8) is 0 Å². The minimum atomic E-state index is -0.388. The van der Waals surface area contributed by atoms with Crippen molar-refractivity contribution in [2.24, 2.45) is 0 Å². The average molecular weight is 280 g/mol. The summed E-state index contributed by atoms with van der Waals surface area (Å²) in [5.74, 6) is -0.183. The van der Waals surface area contributed by atoms with Crippen LogP contribution in [0.25, 0.3) is 0 Å². The molecule has 1 unspecified atom stereocenters. The van der Waals surface area contributed by atoms with E-state index in [4.69, 9.17) is 11.6 Å². The quantitative estimate of drug-likeness (QED) is 0.791. The summed E-state index contributed by atoms with van der Waals surface area (Å²) < 4.78 is 0. The van der Waals surface area contributed by atoms with Crippen LogP contribution in [0.3, 0.4) is 0 Å². The van der Waals surface area contributed by atoms with E-state index in [9.17, 15) is 9.59 Å². The molecule has 5 nitrogen and oxygen atoms in total. The maximum absolute atomic E-state index is 12.3. The van der Waals surface area contributed by atoms with Gasteiger partial charge in [-0.3, -0.25) is 4.79 Å². The van der Waals surface area contributed by atoms with E-state index >= 15 is 0 Å². The first-order valence-electron chi connectivity index (χ1n) is 6.21. The van der Waals surface area contributed by atoms with Crippen molar-refractivity contribution in [2.45, 2.75) is 13.0 Å². The fraction of sp³-hybridized carbons (Fsp3) is 0.385. The minimum Gasteiger partial charge on any atom is -0.312 e. The number of amides is 3. The number of nitrogens with one attached hydrogen (secondary N) is 1. The fourth-order valence-electron chi connectivity index (χ4n) is 2.48. The SMILES string of the molecule is Cc1ccc(N2C(=O)C3CNCCN3C2=O)cc1Cl. The highest BCUT2D eigenvalue weighted by Crippen LogP contribution is 2.29. The van der Waals surface area contributed by atoms with Crippen molar-refractivity contribution in [3.8, 4) is 0 Å². The molecule has 3 amide bonds. The molecule has 0 aromatic heterocycles. The Kier molecular flexibility index (Phi) is 2.95. The van der Waals surface area contributed by atoms with Gasteiger partial charge in [-0.2, -0.15) is 0 Å². The second-order valence-corrected chi connectivity index (χ2v) is 5.21. The number of halogens is 1. The largest absolute Gasteiger partial charge is 0.332 e. The Morgan fingerprint density at radius 3 is 2.84 bits per heavy atom. The molecule has 6 heteroatoms. The van der Waals surface area contributed by atoms with E-state index < -0.39 is 0 Å². The summed E-state index contributed by atoms with van der Waals surface area (Å²) in [5.41, 5.74) is 1.46. The fourth-order valence-corrected chi connectivity index (χ4v) is 2.66. The molecule has 19 heavy (non-hydrogen) atoms. The lowest BCUT2D eigenvalue weighted by Gasteiger charge is -2.26. The van der Waals surface area contributed by atoms with Crippen LogP contribution in [0.15, 0.2) is 18.2 Å². The lowest BCUT2D eigenvalue weighted by Crippen LogP contribution is -2.51. The van der Waals surface area contributed by atoms with Crippen molar-refractivity contribution < 1.29 is 9.59 Å². The molecule has 0 saturated carbocycles. The van der Waals surface area contributed by atoms with E-state index in [1.54, 1.807) is 17.0 Å². The summed E-state index contributed by atoms with van der Waals surface area (Å²) in [6, 6.07) is 4.59. The lowest BCUT2D eigenvalue weighted by atomic mass is 10.2. The number of nitrogens with zero attached hydrogens (tertiary/aromatic N) is 2. The minimum absolute atomic E-state index is 0.183. The van der Waals surface area contributed by atoms with Gasteiger partial charge in [0.05, 0.1) is 5.69 Å². The number of aryl methyl sites for hydroxylation is 1. The number of hydrogen-bond donors (Lipinski definition) is 1. The van der Waals surface area contributed by atoms with Crippen LogP contribution in [0.2, 0.25) is 5.02 Å². The number of rotatable bonds is 1. The van der Waals surface area contributed by atoms with Gasteiger partial charge in [0.2, 0.25) is 0 Å². The molecule has 2 aliphatic rings. The van der Waals surface area contributed by atoms with E-state index in [1.165, 1.54) is 4.90 Å². The smallest absolute Gasteiger partial charge is 0.312 e. The van der Waals surface area contributed by atoms with E-state index in [2.05, 4.69) is 5.32 Å². The first-order valence-corrected chi connectivity index (χ1v) is 6.59. The number of fused-ring (bicyclic) bond motifs is 1. The highest BCUT2D eigenvalue weighted by atomic mass is 35.5. The van der Waals surface area contributed by atoms with Crippen molar-refractivity contribution in [3.05, 3.63) is 28.8 Å². The van der Waals surface area contributed by atoms with Gasteiger partial charge >= 0.3 is 6.03 Å². The van der Waals surface area contributed by atoms with Crippen LogP contribution < -0.4 is 10.2 Å². The number of urea groups is 1. The molecule has 2 aliphatic heterocycles. The van der Waals surface area contributed by atoms with E-state index in [1.807, 2.05) is 13.0 Å². The number of carbonyl (C=O) groups excluding carboxylic acids is 2. The maximum atomic E-state index is 12.3. The predicted octanol–water partition coefficient (Wildman–Crippen LogP) is 1.39. The zero-order chi connectivity index (χ0) is 13.6. The zero-order valence-corrected chi connectivity index (χ0v) is 11.3. The van der Waals surface area contributed by atoms with Crippen molar-refractivity contribution >= 4 is 29.2 Å².